The summed E-state index contributed by atoms with van der Waals surface area (Å²) in [5, 5.41) is 0.734. The number of hydrogen-bond donors (Lipinski definition) is 2. The van der Waals surface area contributed by atoms with E-state index in [-0.39, 0.29) is 22.3 Å². The fourth-order valence-corrected chi connectivity index (χ4v) is 1.45. The highest BCUT2D eigenvalue weighted by Crippen LogP contribution is 2.26. The first-order chi connectivity index (χ1) is 8.40. The number of carbonyl (C=O) groups excluding carboxylic acids is 1. The van der Waals surface area contributed by atoms with Crippen molar-refractivity contribution < 1.29 is 13.9 Å². The largest absolute Gasteiger partial charge is 0.480 e. The molecule has 0 fully saturated rings. The van der Waals surface area contributed by atoms with Gasteiger partial charge in [-0.2, -0.15) is 0 Å². The molecule has 0 aromatic heterocycles. The summed E-state index contributed by atoms with van der Waals surface area (Å²) >= 11 is 5.64. The summed E-state index contributed by atoms with van der Waals surface area (Å²) < 4.78 is 18.7. The number of Topliss-reactive ketones (excluding diaryl/α,β-unsaturated/α-hetero) is 1. The maximum Gasteiger partial charge on any atom is 0.236 e. The smallest absolute Gasteiger partial charge is 0.236 e. The van der Waals surface area contributed by atoms with Gasteiger partial charge in [0, 0.05) is 6.92 Å². The first-order valence-corrected chi connectivity index (χ1v) is 5.31. The van der Waals surface area contributed by atoms with Crippen LogP contribution in [0.15, 0.2) is 29.8 Å². The monoisotopic (exact) mass is 273 g/mol. The molecule has 5 nitrogen and oxygen atoms in total. The summed E-state index contributed by atoms with van der Waals surface area (Å²) in [5.74, 6) is 4.36. The Kier molecular flexibility index (Phi) is 4.52. The number of allylic oxidation sites excluding steroid dienone is 1. The van der Waals surface area contributed by atoms with E-state index >= 15 is 0 Å². The molecule has 0 radical (unpaired) electrons. The van der Waals surface area contributed by atoms with Crippen molar-refractivity contribution in [1.29, 1.82) is 0 Å². The van der Waals surface area contributed by atoms with E-state index in [9.17, 15) is 9.18 Å². The number of rotatable bonds is 4. The van der Waals surface area contributed by atoms with Crippen molar-refractivity contribution in [1.82, 2.24) is 0 Å². The zero-order valence-corrected chi connectivity index (χ0v) is 10.7. The second-order valence-electron chi connectivity index (χ2n) is 3.42. The van der Waals surface area contributed by atoms with Crippen molar-refractivity contribution in [2.45, 2.75) is 6.92 Å². The lowest BCUT2D eigenvalue weighted by Crippen LogP contribution is -2.35. The van der Waals surface area contributed by atoms with E-state index in [0.717, 1.165) is 5.01 Å². The summed E-state index contributed by atoms with van der Waals surface area (Å²) in [7, 11) is 1.27. The first kappa shape index (κ1) is 14.3. The van der Waals surface area contributed by atoms with Crippen LogP contribution in [0.3, 0.4) is 0 Å². The maximum atomic E-state index is 13.8. The van der Waals surface area contributed by atoms with Gasteiger partial charge in [-0.15, -0.1) is 0 Å². The minimum Gasteiger partial charge on any atom is -0.480 e. The topological polar surface area (TPSA) is 81.6 Å². The number of nitrogens with two attached hydrogens (primary N) is 2. The lowest BCUT2D eigenvalue weighted by atomic mass is 10.2. The van der Waals surface area contributed by atoms with Gasteiger partial charge in [0.2, 0.25) is 5.88 Å². The van der Waals surface area contributed by atoms with Gasteiger partial charge in [-0.25, -0.2) is 15.2 Å². The van der Waals surface area contributed by atoms with Gasteiger partial charge < -0.3 is 10.5 Å². The Hall–Kier alpha value is -1.79. The molecule has 0 saturated carbocycles. The van der Waals surface area contributed by atoms with E-state index in [1.165, 1.54) is 32.2 Å². The number of hydrogen-bond acceptors (Lipinski definition) is 5. The van der Waals surface area contributed by atoms with Crippen LogP contribution < -0.4 is 16.6 Å². The minimum atomic E-state index is -0.729. The Morgan fingerprint density at radius 1 is 1.50 bits per heavy atom. The number of ether oxygens (including phenoxy) is 1. The third-order valence-corrected chi connectivity index (χ3v) is 2.50. The Morgan fingerprint density at radius 3 is 2.61 bits per heavy atom. The van der Waals surface area contributed by atoms with E-state index < -0.39 is 11.6 Å². The van der Waals surface area contributed by atoms with E-state index in [2.05, 4.69) is 0 Å². The highest BCUT2D eigenvalue weighted by Gasteiger charge is 2.19. The number of ketones is 1. The van der Waals surface area contributed by atoms with Gasteiger partial charge in [0.05, 0.1) is 17.8 Å². The number of benzene rings is 1. The van der Waals surface area contributed by atoms with Crippen molar-refractivity contribution in [2.24, 2.45) is 11.6 Å². The molecule has 0 heterocycles. The first-order valence-electron chi connectivity index (χ1n) is 4.93. The molecule has 1 aromatic rings. The Morgan fingerprint density at radius 2 is 2.11 bits per heavy atom. The molecule has 0 aliphatic carbocycles. The second kappa shape index (κ2) is 5.70. The highest BCUT2D eigenvalue weighted by molar-refractivity contribution is 6.31. The molecule has 0 atom stereocenters. The minimum absolute atomic E-state index is 0.0523. The van der Waals surface area contributed by atoms with E-state index in [1.54, 1.807) is 0 Å². The average Bonchev–Trinajstić information content (AvgIpc) is 2.33. The van der Waals surface area contributed by atoms with Gasteiger partial charge >= 0.3 is 0 Å². The predicted octanol–water partition coefficient (Wildman–Crippen LogP) is 1.52. The Labute approximate surface area is 109 Å². The molecule has 0 amide bonds. The van der Waals surface area contributed by atoms with Crippen molar-refractivity contribution >= 4 is 23.1 Å². The van der Waals surface area contributed by atoms with E-state index in [4.69, 9.17) is 27.9 Å². The number of anilines is 1. The van der Waals surface area contributed by atoms with E-state index in [1.807, 2.05) is 0 Å². The molecular weight excluding hydrogens is 261 g/mol. The van der Waals surface area contributed by atoms with Crippen LogP contribution in [0.4, 0.5) is 10.1 Å². The fraction of sp³-hybridized carbons (Fsp3) is 0.182. The fourth-order valence-electron chi connectivity index (χ4n) is 1.28. The predicted molar refractivity (Wildman–Crippen MR) is 67.0 cm³/mol. The van der Waals surface area contributed by atoms with Gasteiger partial charge in [-0.3, -0.25) is 4.79 Å². The molecule has 0 spiro atoms. The van der Waals surface area contributed by atoms with Crippen LogP contribution in [0.5, 0.6) is 0 Å². The number of halogens is 2. The highest BCUT2D eigenvalue weighted by atomic mass is 35.5. The normalized spacial score (nSPS) is 11.8. The van der Waals surface area contributed by atoms with Crippen LogP contribution in [0, 0.1) is 5.82 Å². The molecule has 0 bridgehead atoms. The van der Waals surface area contributed by atoms with Gasteiger partial charge in [0.1, 0.15) is 5.70 Å². The summed E-state index contributed by atoms with van der Waals surface area (Å²) in [4.78, 5) is 11.2. The third kappa shape index (κ3) is 2.72. The van der Waals surface area contributed by atoms with Crippen molar-refractivity contribution in [3.8, 4) is 0 Å². The number of methoxy groups -OCH3 is 1. The molecule has 1 aromatic carbocycles. The summed E-state index contributed by atoms with van der Waals surface area (Å²) in [6.45, 7) is 1.25. The van der Waals surface area contributed by atoms with Crippen molar-refractivity contribution in [3.63, 3.8) is 0 Å². The number of hydrazine groups is 1. The molecule has 7 heteroatoms. The molecular formula is C11H13ClFN3O2. The molecule has 0 aliphatic rings. The van der Waals surface area contributed by atoms with Crippen LogP contribution in [-0.2, 0) is 9.53 Å². The van der Waals surface area contributed by atoms with Gasteiger partial charge in [-0.05, 0) is 12.1 Å². The van der Waals surface area contributed by atoms with Crippen LogP contribution in [0.2, 0.25) is 5.02 Å². The van der Waals surface area contributed by atoms with Gasteiger partial charge in [-0.1, -0.05) is 17.7 Å². The second-order valence-corrected chi connectivity index (χ2v) is 3.83. The molecule has 0 saturated heterocycles. The summed E-state index contributed by atoms with van der Waals surface area (Å²) in [5.41, 5.74) is 5.26. The van der Waals surface area contributed by atoms with E-state index in [0.29, 0.717) is 0 Å². The van der Waals surface area contributed by atoms with Crippen LogP contribution >= 0.6 is 11.6 Å². The maximum absolute atomic E-state index is 13.8. The van der Waals surface area contributed by atoms with Crippen LogP contribution in [0.1, 0.15) is 6.92 Å². The number of nitrogens with zero attached hydrogens (tertiary/aromatic N) is 1. The quantitative estimate of drug-likeness (QED) is 0.376. The lowest BCUT2D eigenvalue weighted by molar-refractivity contribution is -0.113. The molecule has 4 N–H and O–H groups in total. The standard InChI is InChI=1S/C11H13ClFN3O2/c1-6(17)10(14)11(18-2)16(15)8-5-3-4-7(12)9(8)13/h3-5H,14-15H2,1-2H3/b11-10+. The Bertz CT molecular complexity index is 505. The summed E-state index contributed by atoms with van der Waals surface area (Å²) in [6, 6.07) is 4.27. The Balaban J connectivity index is 3.28. The zero-order valence-electron chi connectivity index (χ0n) is 9.91. The number of carbonyl (C=O) groups is 1. The van der Waals surface area contributed by atoms with Crippen molar-refractivity contribution in [3.05, 3.63) is 40.6 Å². The molecule has 18 heavy (non-hydrogen) atoms. The van der Waals surface area contributed by atoms with Crippen LogP contribution in [-0.4, -0.2) is 12.9 Å². The molecule has 98 valence electrons. The van der Waals surface area contributed by atoms with Crippen LogP contribution in [0.25, 0.3) is 0 Å². The zero-order chi connectivity index (χ0) is 13.9. The summed E-state index contributed by atoms with van der Waals surface area (Å²) in [6.07, 6.45) is 0. The third-order valence-electron chi connectivity index (χ3n) is 2.21. The SMILES string of the molecule is CO/C(=C(/N)C(C)=O)N(N)c1cccc(Cl)c1F. The molecule has 0 unspecified atom stereocenters. The molecule has 1 rings (SSSR count). The lowest BCUT2D eigenvalue weighted by Gasteiger charge is -2.22. The molecule has 0 aliphatic heterocycles. The average molecular weight is 274 g/mol. The van der Waals surface area contributed by atoms with Gasteiger partial charge in [0.25, 0.3) is 0 Å². The van der Waals surface area contributed by atoms with Crippen molar-refractivity contribution in [2.75, 3.05) is 12.1 Å². The van der Waals surface area contributed by atoms with Gasteiger partial charge in [0.15, 0.2) is 11.6 Å².